The zero-order valence-electron chi connectivity index (χ0n) is 15.9. The van der Waals surface area contributed by atoms with Crippen LogP contribution in [0.3, 0.4) is 0 Å². The third-order valence-corrected chi connectivity index (χ3v) is 3.89. The molecule has 6 heteroatoms. The van der Waals surface area contributed by atoms with Crippen LogP contribution in [-0.4, -0.2) is 26.2 Å². The van der Waals surface area contributed by atoms with E-state index in [9.17, 15) is 4.79 Å². The first-order chi connectivity index (χ1) is 13.0. The largest absolute Gasteiger partial charge is 0.493 e. The van der Waals surface area contributed by atoms with Crippen LogP contribution in [0.4, 0.5) is 0 Å². The highest BCUT2D eigenvalue weighted by Crippen LogP contribution is 2.28. The number of hydrogen-bond acceptors (Lipinski definition) is 5. The van der Waals surface area contributed by atoms with Crippen LogP contribution >= 0.6 is 0 Å². The Balaban J connectivity index is 1.86. The second-order valence-corrected chi connectivity index (χ2v) is 6.06. The first kappa shape index (κ1) is 20.1. The Labute approximate surface area is 159 Å². The lowest BCUT2D eigenvalue weighted by atomic mass is 10.1. The van der Waals surface area contributed by atoms with E-state index in [4.69, 9.17) is 19.5 Å². The average Bonchev–Trinajstić information content (AvgIpc) is 2.65. The van der Waals surface area contributed by atoms with Gasteiger partial charge in [-0.2, -0.15) is 5.26 Å². The number of benzene rings is 2. The van der Waals surface area contributed by atoms with Crippen molar-refractivity contribution in [2.24, 2.45) is 0 Å². The molecule has 0 saturated carbocycles. The molecule has 0 heterocycles. The van der Waals surface area contributed by atoms with E-state index in [1.165, 1.54) is 5.56 Å². The molecule has 2 aromatic rings. The number of nitrogens with one attached hydrogen (secondary N) is 1. The van der Waals surface area contributed by atoms with E-state index in [0.29, 0.717) is 31.3 Å². The Hall–Kier alpha value is -3.20. The molecular formula is C21H24N2O4. The summed E-state index contributed by atoms with van der Waals surface area (Å²) in [5.41, 5.74) is 3.15. The van der Waals surface area contributed by atoms with E-state index in [1.807, 2.05) is 38.1 Å². The minimum absolute atomic E-state index is 0.154. The molecule has 0 fully saturated rings. The molecule has 0 aliphatic carbocycles. The number of amides is 1. The van der Waals surface area contributed by atoms with Gasteiger partial charge < -0.3 is 19.5 Å². The fourth-order valence-electron chi connectivity index (χ4n) is 2.54. The van der Waals surface area contributed by atoms with Crippen molar-refractivity contribution in [3.05, 3.63) is 53.1 Å². The van der Waals surface area contributed by atoms with Gasteiger partial charge in [-0.3, -0.25) is 4.79 Å². The van der Waals surface area contributed by atoms with Crippen molar-refractivity contribution in [2.75, 3.05) is 20.3 Å². The Bertz CT molecular complexity index is 827. The predicted octanol–water partition coefficient (Wildman–Crippen LogP) is 3.30. The molecule has 0 aromatic heterocycles. The van der Waals surface area contributed by atoms with E-state index in [2.05, 4.69) is 11.4 Å². The molecule has 6 nitrogen and oxygen atoms in total. The van der Waals surface area contributed by atoms with Gasteiger partial charge in [0.2, 0.25) is 5.91 Å². The monoisotopic (exact) mass is 368 g/mol. The fraction of sp³-hybridized carbons (Fsp3) is 0.333. The topological polar surface area (TPSA) is 80.6 Å². The van der Waals surface area contributed by atoms with Crippen LogP contribution in [0.1, 0.15) is 23.1 Å². The zero-order chi connectivity index (χ0) is 19.6. The number of rotatable bonds is 9. The van der Waals surface area contributed by atoms with Gasteiger partial charge in [-0.1, -0.05) is 23.8 Å². The highest BCUT2D eigenvalue weighted by atomic mass is 16.5. The molecule has 142 valence electrons. The molecule has 0 aliphatic rings. The molecule has 0 atom stereocenters. The molecule has 0 unspecified atom stereocenters. The van der Waals surface area contributed by atoms with Crippen LogP contribution in [0.2, 0.25) is 0 Å². The molecule has 0 aliphatic heterocycles. The van der Waals surface area contributed by atoms with Gasteiger partial charge in [-0.25, -0.2) is 0 Å². The zero-order valence-corrected chi connectivity index (χ0v) is 15.9. The van der Waals surface area contributed by atoms with E-state index in [1.54, 1.807) is 19.2 Å². The van der Waals surface area contributed by atoms with Gasteiger partial charge in [0, 0.05) is 6.54 Å². The van der Waals surface area contributed by atoms with E-state index >= 15 is 0 Å². The lowest BCUT2D eigenvalue weighted by Crippen LogP contribution is -2.21. The quantitative estimate of drug-likeness (QED) is 0.687. The summed E-state index contributed by atoms with van der Waals surface area (Å²) < 4.78 is 16.9. The summed E-state index contributed by atoms with van der Waals surface area (Å²) in [6.07, 6.45) is -0.154. The number of carbonyl (C=O) groups is 1. The van der Waals surface area contributed by atoms with Gasteiger partial charge in [-0.05, 0) is 43.2 Å². The molecule has 0 bridgehead atoms. The number of methoxy groups -OCH3 is 1. The summed E-state index contributed by atoms with van der Waals surface area (Å²) in [5.74, 6) is 1.72. The van der Waals surface area contributed by atoms with Crippen molar-refractivity contribution in [1.82, 2.24) is 5.32 Å². The maximum absolute atomic E-state index is 11.4. The number of aryl methyl sites for hydroxylation is 2. The maximum atomic E-state index is 11.4. The third-order valence-electron chi connectivity index (χ3n) is 3.89. The lowest BCUT2D eigenvalue weighted by Gasteiger charge is -2.14. The first-order valence-corrected chi connectivity index (χ1v) is 8.67. The second kappa shape index (κ2) is 10.1. The van der Waals surface area contributed by atoms with Crippen molar-refractivity contribution < 1.29 is 19.0 Å². The van der Waals surface area contributed by atoms with Crippen molar-refractivity contribution >= 4 is 5.91 Å². The molecule has 0 spiro atoms. The minimum Gasteiger partial charge on any atom is -0.493 e. The van der Waals surface area contributed by atoms with Crippen LogP contribution < -0.4 is 19.5 Å². The van der Waals surface area contributed by atoms with Crippen LogP contribution in [0.15, 0.2) is 36.4 Å². The first-order valence-electron chi connectivity index (χ1n) is 8.67. The Morgan fingerprint density at radius 1 is 1.04 bits per heavy atom. The standard InChI is InChI=1S/C21H24N2O4/c1-15-4-6-18(16(2)12-15)26-10-11-27-19-7-5-17(13-20(19)25-3)14-23-21(24)8-9-22/h4-7,12-13H,8,10-11,14H2,1-3H3,(H,23,24). The molecule has 0 saturated heterocycles. The number of ether oxygens (including phenoxy) is 3. The normalized spacial score (nSPS) is 10.0. The van der Waals surface area contributed by atoms with Gasteiger partial charge >= 0.3 is 0 Å². The van der Waals surface area contributed by atoms with Crippen molar-refractivity contribution in [1.29, 1.82) is 5.26 Å². The average molecular weight is 368 g/mol. The molecule has 2 rings (SSSR count). The summed E-state index contributed by atoms with van der Waals surface area (Å²) in [6, 6.07) is 13.3. The summed E-state index contributed by atoms with van der Waals surface area (Å²) >= 11 is 0. The van der Waals surface area contributed by atoms with Gasteiger partial charge in [0.25, 0.3) is 0 Å². The van der Waals surface area contributed by atoms with Crippen LogP contribution in [0.5, 0.6) is 17.2 Å². The lowest BCUT2D eigenvalue weighted by molar-refractivity contribution is -0.120. The molecule has 1 amide bonds. The number of nitrogens with zero attached hydrogens (tertiary/aromatic N) is 1. The summed E-state index contributed by atoms with van der Waals surface area (Å²) in [5, 5.41) is 11.2. The minimum atomic E-state index is -0.305. The van der Waals surface area contributed by atoms with Crippen molar-refractivity contribution in [3.8, 4) is 23.3 Å². The van der Waals surface area contributed by atoms with Crippen LogP contribution in [0, 0.1) is 25.2 Å². The van der Waals surface area contributed by atoms with Crippen molar-refractivity contribution in [3.63, 3.8) is 0 Å². The Kier molecular flexibility index (Phi) is 7.50. The molecule has 0 radical (unpaired) electrons. The van der Waals surface area contributed by atoms with Crippen molar-refractivity contribution in [2.45, 2.75) is 26.8 Å². The number of hydrogen-bond donors (Lipinski definition) is 1. The summed E-state index contributed by atoms with van der Waals surface area (Å²) in [7, 11) is 1.56. The van der Waals surface area contributed by atoms with Gasteiger partial charge in [-0.15, -0.1) is 0 Å². The molecular weight excluding hydrogens is 344 g/mol. The third kappa shape index (κ3) is 6.23. The SMILES string of the molecule is COc1cc(CNC(=O)CC#N)ccc1OCCOc1ccc(C)cc1C. The molecule has 1 N–H and O–H groups in total. The summed E-state index contributed by atoms with van der Waals surface area (Å²) in [4.78, 5) is 11.4. The highest BCUT2D eigenvalue weighted by Gasteiger charge is 2.08. The Morgan fingerprint density at radius 3 is 2.41 bits per heavy atom. The molecule has 27 heavy (non-hydrogen) atoms. The number of carbonyl (C=O) groups excluding carboxylic acids is 1. The fourth-order valence-corrected chi connectivity index (χ4v) is 2.54. The van der Waals surface area contributed by atoms with Gasteiger partial charge in [0.15, 0.2) is 11.5 Å². The second-order valence-electron chi connectivity index (χ2n) is 6.06. The van der Waals surface area contributed by atoms with E-state index in [0.717, 1.165) is 16.9 Å². The number of nitriles is 1. The summed E-state index contributed by atoms with van der Waals surface area (Å²) in [6.45, 7) is 5.18. The van der Waals surface area contributed by atoms with E-state index in [-0.39, 0.29) is 12.3 Å². The highest BCUT2D eigenvalue weighted by molar-refractivity contribution is 5.77. The van der Waals surface area contributed by atoms with E-state index < -0.39 is 0 Å². The smallest absolute Gasteiger partial charge is 0.234 e. The predicted molar refractivity (Wildman–Crippen MR) is 102 cm³/mol. The van der Waals surface area contributed by atoms with Crippen LogP contribution in [-0.2, 0) is 11.3 Å². The maximum Gasteiger partial charge on any atom is 0.234 e. The Morgan fingerprint density at radius 2 is 1.74 bits per heavy atom. The van der Waals surface area contributed by atoms with Gasteiger partial charge in [0.05, 0.1) is 13.2 Å². The van der Waals surface area contributed by atoms with Crippen LogP contribution in [0.25, 0.3) is 0 Å². The van der Waals surface area contributed by atoms with Gasteiger partial charge in [0.1, 0.15) is 25.4 Å². The molecule has 2 aromatic carbocycles.